The van der Waals surface area contributed by atoms with Gasteiger partial charge in [0.25, 0.3) is 0 Å². The van der Waals surface area contributed by atoms with Crippen molar-refractivity contribution in [3.8, 4) is 0 Å². The molecule has 0 radical (unpaired) electrons. The fraction of sp³-hybridized carbons (Fsp3) is 0.600. The van der Waals surface area contributed by atoms with E-state index in [4.69, 9.17) is 0 Å². The molecule has 2 atom stereocenters. The third kappa shape index (κ3) is 2.32. The summed E-state index contributed by atoms with van der Waals surface area (Å²) in [7, 11) is -3.15. The van der Waals surface area contributed by atoms with E-state index in [1.54, 1.807) is 16.7 Å². The van der Waals surface area contributed by atoms with Crippen LogP contribution in [-0.2, 0) is 21.4 Å². The van der Waals surface area contributed by atoms with Crippen LogP contribution in [0.2, 0.25) is 0 Å². The van der Waals surface area contributed by atoms with Gasteiger partial charge in [-0.25, -0.2) is 12.7 Å². The fourth-order valence-electron chi connectivity index (χ4n) is 3.54. The van der Waals surface area contributed by atoms with Crippen LogP contribution in [-0.4, -0.2) is 53.4 Å². The molecule has 0 aromatic carbocycles. The van der Waals surface area contributed by atoms with E-state index in [0.717, 1.165) is 18.4 Å². The molecule has 0 bridgehead atoms. The van der Waals surface area contributed by atoms with Gasteiger partial charge in [0, 0.05) is 44.5 Å². The van der Waals surface area contributed by atoms with Gasteiger partial charge in [-0.05, 0) is 24.5 Å². The van der Waals surface area contributed by atoms with Crippen LogP contribution < -0.4 is 0 Å². The maximum atomic E-state index is 12.5. The second-order valence-electron chi connectivity index (χ2n) is 6.51. The summed E-state index contributed by atoms with van der Waals surface area (Å²) in [5, 5.41) is -0.187. The van der Waals surface area contributed by atoms with Crippen molar-refractivity contribution in [2.75, 3.05) is 19.6 Å². The van der Waals surface area contributed by atoms with Crippen LogP contribution >= 0.6 is 0 Å². The largest absolute Gasteiger partial charge is 0.338 e. The molecule has 7 heteroatoms. The normalized spacial score (nSPS) is 29.1. The predicted octanol–water partition coefficient (Wildman–Crippen LogP) is 0.464. The summed E-state index contributed by atoms with van der Waals surface area (Å²) >= 11 is 0. The van der Waals surface area contributed by atoms with Gasteiger partial charge in [-0.3, -0.25) is 9.78 Å². The van der Waals surface area contributed by atoms with Crippen LogP contribution in [0.4, 0.5) is 0 Å². The van der Waals surface area contributed by atoms with Crippen molar-refractivity contribution >= 4 is 15.9 Å². The van der Waals surface area contributed by atoms with E-state index in [2.05, 4.69) is 4.98 Å². The number of fused-ring (bicyclic) bond motifs is 1. The van der Waals surface area contributed by atoms with E-state index in [1.165, 1.54) is 0 Å². The molecule has 0 spiro atoms. The molecule has 2 saturated heterocycles. The lowest BCUT2D eigenvalue weighted by molar-refractivity contribution is -0.131. The number of carbonyl (C=O) groups is 1. The third-order valence-corrected chi connectivity index (χ3v) is 7.22. The summed E-state index contributed by atoms with van der Waals surface area (Å²) < 4.78 is 26.2. The molecule has 1 aromatic rings. The monoisotopic (exact) mass is 321 g/mol. The smallest absolute Gasteiger partial charge is 0.227 e. The highest BCUT2D eigenvalue weighted by Gasteiger charge is 2.51. The van der Waals surface area contributed by atoms with E-state index in [0.29, 0.717) is 26.2 Å². The van der Waals surface area contributed by atoms with Crippen molar-refractivity contribution in [2.24, 2.45) is 11.8 Å². The average Bonchev–Trinajstić information content (AvgIpc) is 3.22. The van der Waals surface area contributed by atoms with E-state index >= 15 is 0 Å². The molecule has 6 nitrogen and oxygen atoms in total. The average molecular weight is 321 g/mol. The number of nitrogens with zero attached hydrogens (tertiary/aromatic N) is 3. The Kier molecular flexibility index (Phi) is 3.23. The minimum atomic E-state index is -3.15. The molecule has 2 aliphatic heterocycles. The Hall–Kier alpha value is -1.47. The topological polar surface area (TPSA) is 70.6 Å². The molecular weight excluding hydrogens is 302 g/mol. The van der Waals surface area contributed by atoms with Crippen molar-refractivity contribution in [3.63, 3.8) is 0 Å². The van der Waals surface area contributed by atoms with Gasteiger partial charge >= 0.3 is 0 Å². The molecule has 3 heterocycles. The minimum Gasteiger partial charge on any atom is -0.338 e. The molecule has 0 unspecified atom stereocenters. The summed E-state index contributed by atoms with van der Waals surface area (Å²) in [5.41, 5.74) is 1.01. The second kappa shape index (κ2) is 5.03. The first kappa shape index (κ1) is 14.1. The number of sulfonamides is 1. The molecule has 1 aliphatic carbocycles. The standard InChI is InChI=1S/C15H19N3O3S/c19-15-14-10-18(22(20,21)13-3-4-13)9-12(14)8-17(15)7-11-2-1-5-16-6-11/h1-2,5-6,12-14H,3-4,7-10H2/t12-,14+/m0/s1. The van der Waals surface area contributed by atoms with Crippen LogP contribution in [0.1, 0.15) is 18.4 Å². The summed E-state index contributed by atoms with van der Waals surface area (Å²) in [5.74, 6) is 0.0604. The van der Waals surface area contributed by atoms with Gasteiger partial charge in [0.15, 0.2) is 0 Å². The predicted molar refractivity (Wildman–Crippen MR) is 80.1 cm³/mol. The first-order chi connectivity index (χ1) is 10.6. The fourth-order valence-corrected chi connectivity index (χ4v) is 5.46. The zero-order valence-corrected chi connectivity index (χ0v) is 13.1. The summed E-state index contributed by atoms with van der Waals surface area (Å²) in [6.07, 6.45) is 5.03. The molecule has 118 valence electrons. The number of hydrogen-bond acceptors (Lipinski definition) is 4. The lowest BCUT2D eigenvalue weighted by Crippen LogP contribution is -2.36. The Morgan fingerprint density at radius 3 is 2.68 bits per heavy atom. The number of aromatic nitrogens is 1. The second-order valence-corrected chi connectivity index (χ2v) is 8.72. The minimum absolute atomic E-state index is 0.0855. The first-order valence-corrected chi connectivity index (χ1v) is 9.22. The number of hydrogen-bond donors (Lipinski definition) is 0. The quantitative estimate of drug-likeness (QED) is 0.808. The maximum absolute atomic E-state index is 12.5. The summed E-state index contributed by atoms with van der Waals surface area (Å²) in [4.78, 5) is 18.4. The molecule has 3 aliphatic rings. The van der Waals surface area contributed by atoms with Gasteiger partial charge in [-0.1, -0.05) is 6.07 Å². The zero-order chi connectivity index (χ0) is 15.3. The van der Waals surface area contributed by atoms with Crippen molar-refractivity contribution in [3.05, 3.63) is 30.1 Å². The van der Waals surface area contributed by atoms with E-state index < -0.39 is 10.0 Å². The lowest BCUT2D eigenvalue weighted by Gasteiger charge is -2.21. The molecule has 1 saturated carbocycles. The van der Waals surface area contributed by atoms with Crippen LogP contribution in [0.5, 0.6) is 0 Å². The Bertz CT molecular complexity index is 687. The van der Waals surface area contributed by atoms with Crippen LogP contribution in [0, 0.1) is 11.8 Å². The van der Waals surface area contributed by atoms with Gasteiger partial charge in [-0.2, -0.15) is 0 Å². The van der Waals surface area contributed by atoms with Crippen LogP contribution in [0.3, 0.4) is 0 Å². The third-order valence-electron chi connectivity index (χ3n) is 4.89. The Morgan fingerprint density at radius 2 is 2.05 bits per heavy atom. The molecule has 1 aromatic heterocycles. The van der Waals surface area contributed by atoms with Gasteiger partial charge in [0.2, 0.25) is 15.9 Å². The first-order valence-electron chi connectivity index (χ1n) is 7.72. The molecule has 3 fully saturated rings. The number of likely N-dealkylation sites (tertiary alicyclic amines) is 1. The number of rotatable bonds is 4. The van der Waals surface area contributed by atoms with Crippen molar-refractivity contribution < 1.29 is 13.2 Å². The molecular formula is C15H19N3O3S. The molecule has 1 amide bonds. The maximum Gasteiger partial charge on any atom is 0.227 e. The van der Waals surface area contributed by atoms with Crippen molar-refractivity contribution in [1.29, 1.82) is 0 Å². The Morgan fingerprint density at radius 1 is 1.23 bits per heavy atom. The highest BCUT2D eigenvalue weighted by atomic mass is 32.2. The van der Waals surface area contributed by atoms with Crippen molar-refractivity contribution in [1.82, 2.24) is 14.2 Å². The van der Waals surface area contributed by atoms with Crippen molar-refractivity contribution in [2.45, 2.75) is 24.6 Å². The van der Waals surface area contributed by atoms with Gasteiger partial charge in [0.1, 0.15) is 0 Å². The number of carbonyl (C=O) groups excluding carboxylic acids is 1. The highest BCUT2D eigenvalue weighted by molar-refractivity contribution is 7.90. The van der Waals surface area contributed by atoms with E-state index in [-0.39, 0.29) is 23.0 Å². The van der Waals surface area contributed by atoms with E-state index in [1.807, 2.05) is 17.0 Å². The lowest BCUT2D eigenvalue weighted by atomic mass is 10.0. The molecule has 4 rings (SSSR count). The van der Waals surface area contributed by atoms with E-state index in [9.17, 15) is 13.2 Å². The van der Waals surface area contributed by atoms with Crippen LogP contribution in [0.25, 0.3) is 0 Å². The zero-order valence-electron chi connectivity index (χ0n) is 12.3. The molecule has 22 heavy (non-hydrogen) atoms. The van der Waals surface area contributed by atoms with Gasteiger partial charge in [-0.15, -0.1) is 0 Å². The number of amides is 1. The van der Waals surface area contributed by atoms with Gasteiger partial charge in [0.05, 0.1) is 11.2 Å². The number of pyridine rings is 1. The summed E-state index contributed by atoms with van der Waals surface area (Å²) in [6, 6.07) is 3.82. The summed E-state index contributed by atoms with van der Waals surface area (Å²) in [6.45, 7) is 2.08. The SMILES string of the molecule is O=C1[C@@H]2CN(S(=O)(=O)C3CC3)C[C@@H]2CN1Cc1cccnc1. The Balaban J connectivity index is 1.44. The Labute approximate surface area is 130 Å². The van der Waals surface area contributed by atoms with Crippen LogP contribution in [0.15, 0.2) is 24.5 Å². The van der Waals surface area contributed by atoms with Gasteiger partial charge < -0.3 is 4.90 Å². The molecule has 0 N–H and O–H groups in total. The highest BCUT2D eigenvalue weighted by Crippen LogP contribution is 2.38.